The molecule has 0 unspecified atom stereocenters. The Kier molecular flexibility index (Phi) is 14.1. The monoisotopic (exact) mass is 410 g/mol. The number of unbranched alkanes of at least 4 members (excludes halogenated alkanes) is 2. The summed E-state index contributed by atoms with van der Waals surface area (Å²) in [6.45, 7) is 10.2. The number of hydrogen-bond acceptors (Lipinski definition) is 4. The van der Waals surface area contributed by atoms with Crippen molar-refractivity contribution in [3.05, 3.63) is 0 Å². The normalized spacial score (nSPS) is 13.3. The summed E-state index contributed by atoms with van der Waals surface area (Å²) in [5.41, 5.74) is -0.0894. The minimum Gasteiger partial charge on any atom is -0.396 e. The van der Waals surface area contributed by atoms with Crippen molar-refractivity contribution in [1.82, 2.24) is 0 Å². The molecule has 0 heterocycles. The lowest BCUT2D eigenvalue weighted by Gasteiger charge is -2.31. The van der Waals surface area contributed by atoms with E-state index in [1.54, 1.807) is 0 Å². The van der Waals surface area contributed by atoms with Gasteiger partial charge in [0.15, 0.2) is 0 Å². The zero-order valence-corrected chi connectivity index (χ0v) is 18.8. The van der Waals surface area contributed by atoms with Crippen LogP contribution >= 0.6 is 7.82 Å². The Bertz CT molecular complexity index is 393. The Morgan fingerprint density at radius 3 is 1.59 bits per heavy atom. The first-order valence-corrected chi connectivity index (χ1v) is 12.1. The van der Waals surface area contributed by atoms with E-state index in [0.29, 0.717) is 0 Å². The fourth-order valence-corrected chi connectivity index (χ4v) is 3.96. The van der Waals surface area contributed by atoms with Crippen LogP contribution in [-0.2, 0) is 13.8 Å². The van der Waals surface area contributed by atoms with Crippen LogP contribution in [0, 0.1) is 10.8 Å². The van der Waals surface area contributed by atoms with E-state index in [9.17, 15) is 9.67 Å². The summed E-state index contributed by atoms with van der Waals surface area (Å²) in [6.07, 6.45) is 9.66. The van der Waals surface area contributed by atoms with Crippen molar-refractivity contribution >= 4 is 7.82 Å². The summed E-state index contributed by atoms with van der Waals surface area (Å²) in [4.78, 5) is 17.9. The molecular weight excluding hydrogens is 367 g/mol. The third kappa shape index (κ3) is 11.6. The van der Waals surface area contributed by atoms with Gasteiger partial charge in [-0.15, -0.1) is 0 Å². The van der Waals surface area contributed by atoms with Crippen LogP contribution in [-0.4, -0.2) is 41.3 Å². The molecule has 0 spiro atoms. The van der Waals surface area contributed by atoms with Gasteiger partial charge in [0.2, 0.25) is 0 Å². The molecule has 164 valence electrons. The predicted molar refractivity (Wildman–Crippen MR) is 110 cm³/mol. The van der Waals surface area contributed by atoms with Crippen molar-refractivity contribution in [3.63, 3.8) is 0 Å². The van der Waals surface area contributed by atoms with E-state index >= 15 is 0 Å². The smallest absolute Gasteiger partial charge is 0.396 e. The quantitative estimate of drug-likeness (QED) is 0.216. The molecule has 0 aromatic heterocycles. The molecule has 3 N–H and O–H groups in total. The summed E-state index contributed by atoms with van der Waals surface area (Å²) >= 11 is 0. The zero-order valence-electron chi connectivity index (χ0n) is 17.9. The fourth-order valence-electron chi connectivity index (χ4n) is 3.52. The minimum absolute atomic E-state index is 0.0822. The van der Waals surface area contributed by atoms with Crippen molar-refractivity contribution in [2.24, 2.45) is 10.8 Å². The Morgan fingerprint density at radius 2 is 1.22 bits per heavy atom. The van der Waals surface area contributed by atoms with Crippen LogP contribution in [0.2, 0.25) is 0 Å². The molecule has 0 rings (SSSR count). The second-order valence-corrected chi connectivity index (χ2v) is 9.10. The Morgan fingerprint density at radius 1 is 0.778 bits per heavy atom. The SMILES string of the molecule is CCC(CC)(CO)CCCCOCCCCC(CC)(CC)COP(=O)(O)O. The largest absolute Gasteiger partial charge is 0.469 e. The molecule has 0 saturated heterocycles. The molecule has 0 fully saturated rings. The van der Waals surface area contributed by atoms with Gasteiger partial charge in [-0.25, -0.2) is 4.57 Å². The van der Waals surface area contributed by atoms with Crippen molar-refractivity contribution < 1.29 is 28.7 Å². The van der Waals surface area contributed by atoms with Crippen LogP contribution in [0.1, 0.15) is 91.9 Å². The topological polar surface area (TPSA) is 96.2 Å². The van der Waals surface area contributed by atoms with Crippen molar-refractivity contribution in [2.45, 2.75) is 91.9 Å². The molecule has 0 saturated carbocycles. The number of phosphoric acid groups is 1. The van der Waals surface area contributed by atoms with Gasteiger partial charge in [-0.2, -0.15) is 0 Å². The van der Waals surface area contributed by atoms with Gasteiger partial charge in [0.25, 0.3) is 0 Å². The molecule has 0 aromatic carbocycles. The molecule has 6 nitrogen and oxygen atoms in total. The van der Waals surface area contributed by atoms with Gasteiger partial charge < -0.3 is 19.6 Å². The summed E-state index contributed by atoms with van der Waals surface area (Å²) in [5.74, 6) is 0. The lowest BCUT2D eigenvalue weighted by atomic mass is 9.79. The second-order valence-electron chi connectivity index (χ2n) is 7.86. The second kappa shape index (κ2) is 14.1. The molecule has 0 aliphatic heterocycles. The van der Waals surface area contributed by atoms with E-state index < -0.39 is 7.82 Å². The number of hydrogen-bond donors (Lipinski definition) is 3. The molecule has 0 radical (unpaired) electrons. The summed E-state index contributed by atoms with van der Waals surface area (Å²) in [7, 11) is -4.41. The maximum Gasteiger partial charge on any atom is 0.469 e. The average Bonchev–Trinajstić information content (AvgIpc) is 2.66. The van der Waals surface area contributed by atoms with E-state index in [1.807, 2.05) is 13.8 Å². The highest BCUT2D eigenvalue weighted by Gasteiger charge is 2.29. The number of aliphatic hydroxyl groups is 1. The molecule has 0 bridgehead atoms. The average molecular weight is 411 g/mol. The van der Waals surface area contributed by atoms with E-state index in [4.69, 9.17) is 19.0 Å². The Hall–Kier alpha value is 0.0300. The first kappa shape index (κ1) is 27.0. The van der Waals surface area contributed by atoms with Gasteiger partial charge in [-0.05, 0) is 62.2 Å². The van der Waals surface area contributed by atoms with Crippen LogP contribution in [0.3, 0.4) is 0 Å². The van der Waals surface area contributed by atoms with Crippen molar-refractivity contribution in [3.8, 4) is 0 Å². The highest BCUT2D eigenvalue weighted by molar-refractivity contribution is 7.46. The molecule has 0 amide bonds. The van der Waals surface area contributed by atoms with Crippen molar-refractivity contribution in [2.75, 3.05) is 26.4 Å². The maximum atomic E-state index is 11.0. The van der Waals surface area contributed by atoms with Crippen LogP contribution in [0.25, 0.3) is 0 Å². The molecule has 7 heteroatoms. The van der Waals surface area contributed by atoms with Crippen LogP contribution < -0.4 is 0 Å². The molecule has 0 atom stereocenters. The number of rotatable bonds is 18. The van der Waals surface area contributed by atoms with Crippen molar-refractivity contribution in [1.29, 1.82) is 0 Å². The number of phosphoric ester groups is 1. The Balaban J connectivity index is 3.92. The highest BCUT2D eigenvalue weighted by Crippen LogP contribution is 2.42. The molecule has 27 heavy (non-hydrogen) atoms. The van der Waals surface area contributed by atoms with Gasteiger partial charge in [0.1, 0.15) is 0 Å². The van der Waals surface area contributed by atoms with Gasteiger partial charge in [-0.1, -0.05) is 40.5 Å². The molecule has 0 aromatic rings. The highest BCUT2D eigenvalue weighted by atomic mass is 31.2. The summed E-state index contributed by atoms with van der Waals surface area (Å²) in [5, 5.41) is 9.58. The lowest BCUT2D eigenvalue weighted by molar-refractivity contribution is 0.0788. The maximum absolute atomic E-state index is 11.0. The number of ether oxygens (including phenoxy) is 1. The first-order valence-electron chi connectivity index (χ1n) is 10.6. The Labute approximate surface area is 166 Å². The van der Waals surface area contributed by atoms with Crippen LogP contribution in [0.5, 0.6) is 0 Å². The predicted octanol–water partition coefficient (Wildman–Crippen LogP) is 5.06. The fraction of sp³-hybridized carbons (Fsp3) is 1.00. The third-order valence-corrected chi connectivity index (χ3v) is 6.83. The van der Waals surface area contributed by atoms with Gasteiger partial charge in [0, 0.05) is 19.8 Å². The van der Waals surface area contributed by atoms with Gasteiger partial charge >= 0.3 is 7.82 Å². The summed E-state index contributed by atoms with van der Waals surface area (Å²) in [6, 6.07) is 0. The van der Waals surface area contributed by atoms with Crippen LogP contribution in [0.4, 0.5) is 0 Å². The zero-order chi connectivity index (χ0) is 20.8. The summed E-state index contributed by atoms with van der Waals surface area (Å²) < 4.78 is 21.5. The number of aliphatic hydroxyl groups excluding tert-OH is 1. The van der Waals surface area contributed by atoms with Gasteiger partial charge in [0.05, 0.1) is 6.61 Å². The minimum atomic E-state index is -4.41. The molecule has 0 aliphatic rings. The molecular formula is C20H43O6P. The van der Waals surface area contributed by atoms with Crippen LogP contribution in [0.15, 0.2) is 0 Å². The third-order valence-electron chi connectivity index (χ3n) is 6.37. The first-order chi connectivity index (χ1) is 12.7. The van der Waals surface area contributed by atoms with E-state index in [0.717, 1.165) is 77.4 Å². The standard InChI is InChI=1S/C20H43O6P/c1-5-19(6-2,17-21)13-9-11-15-25-16-12-10-14-20(7-3,8-4)18-26-27(22,23)24/h21H,5-18H2,1-4H3,(H2,22,23,24). The van der Waals surface area contributed by atoms with Gasteiger partial charge in [-0.3, -0.25) is 4.52 Å². The van der Waals surface area contributed by atoms with E-state index in [-0.39, 0.29) is 24.0 Å². The van der Waals surface area contributed by atoms with E-state index in [2.05, 4.69) is 13.8 Å². The molecule has 0 aliphatic carbocycles. The van der Waals surface area contributed by atoms with E-state index in [1.165, 1.54) is 0 Å². The lowest BCUT2D eigenvalue weighted by Crippen LogP contribution is -2.25.